The van der Waals surface area contributed by atoms with Gasteiger partial charge in [0.25, 0.3) is 0 Å². The van der Waals surface area contributed by atoms with Crippen LogP contribution in [0.3, 0.4) is 0 Å². The molecule has 0 aromatic rings. The Kier molecular flexibility index (Phi) is 4.74. The molecule has 0 aliphatic carbocycles. The van der Waals surface area contributed by atoms with Crippen LogP contribution in [-0.2, 0) is 4.74 Å². The average Bonchev–Trinajstić information content (AvgIpc) is 2.58. The molecule has 0 unspecified atom stereocenters. The molecular formula is C12H23FN2O2. The molecule has 4 nitrogen and oxygen atoms in total. The molecule has 1 amide bonds. The first kappa shape index (κ1) is 14.2. The highest BCUT2D eigenvalue weighted by molar-refractivity contribution is 5.67. The van der Waals surface area contributed by atoms with E-state index in [0.717, 1.165) is 6.54 Å². The van der Waals surface area contributed by atoms with Crippen molar-refractivity contribution in [1.82, 2.24) is 10.2 Å². The van der Waals surface area contributed by atoms with Crippen molar-refractivity contribution >= 4 is 6.09 Å². The van der Waals surface area contributed by atoms with Gasteiger partial charge in [0.2, 0.25) is 0 Å². The Labute approximate surface area is 102 Å². The van der Waals surface area contributed by atoms with E-state index < -0.39 is 17.9 Å². The van der Waals surface area contributed by atoms with Crippen molar-refractivity contribution in [3.8, 4) is 0 Å². The number of carbonyl (C=O) groups is 1. The van der Waals surface area contributed by atoms with Crippen LogP contribution in [0.2, 0.25) is 0 Å². The van der Waals surface area contributed by atoms with Crippen LogP contribution in [0.4, 0.5) is 9.18 Å². The standard InChI is InChI=1S/C12H23FN2O2/c1-9(15-6-5-10(13)8-15)7-14-11(16)17-12(2,3)4/h9-10H,5-8H2,1-4H3,(H,14,16)/t9-,10-/m1/s1. The van der Waals surface area contributed by atoms with E-state index in [-0.39, 0.29) is 6.04 Å². The predicted octanol–water partition coefficient (Wildman–Crippen LogP) is 1.94. The van der Waals surface area contributed by atoms with Crippen molar-refractivity contribution in [3.05, 3.63) is 0 Å². The number of alkyl carbamates (subject to hydrolysis) is 1. The van der Waals surface area contributed by atoms with Gasteiger partial charge >= 0.3 is 6.09 Å². The van der Waals surface area contributed by atoms with Gasteiger partial charge in [0.1, 0.15) is 11.8 Å². The first-order chi connectivity index (χ1) is 7.78. The van der Waals surface area contributed by atoms with Crippen LogP contribution in [0.1, 0.15) is 34.1 Å². The number of nitrogens with zero attached hydrogens (tertiary/aromatic N) is 1. The van der Waals surface area contributed by atoms with Gasteiger partial charge in [0, 0.05) is 25.7 Å². The van der Waals surface area contributed by atoms with Crippen LogP contribution in [0.5, 0.6) is 0 Å². The lowest BCUT2D eigenvalue weighted by Gasteiger charge is -2.25. The summed E-state index contributed by atoms with van der Waals surface area (Å²) in [5.74, 6) is 0. The number of hydrogen-bond acceptors (Lipinski definition) is 3. The lowest BCUT2D eigenvalue weighted by molar-refractivity contribution is 0.0512. The Bertz CT molecular complexity index is 266. The van der Waals surface area contributed by atoms with Crippen LogP contribution in [-0.4, -0.2) is 48.4 Å². The van der Waals surface area contributed by atoms with Gasteiger partial charge in [0.15, 0.2) is 0 Å². The zero-order chi connectivity index (χ0) is 13.1. The monoisotopic (exact) mass is 246 g/mol. The fourth-order valence-electron chi connectivity index (χ4n) is 1.82. The van der Waals surface area contributed by atoms with Crippen LogP contribution in [0.15, 0.2) is 0 Å². The van der Waals surface area contributed by atoms with E-state index in [2.05, 4.69) is 5.32 Å². The summed E-state index contributed by atoms with van der Waals surface area (Å²) in [6.45, 7) is 9.17. The normalized spacial score (nSPS) is 23.5. The molecule has 1 rings (SSSR count). The van der Waals surface area contributed by atoms with E-state index in [0.29, 0.717) is 19.5 Å². The number of halogens is 1. The van der Waals surface area contributed by atoms with Crippen LogP contribution >= 0.6 is 0 Å². The second-order valence-corrected chi connectivity index (χ2v) is 5.61. The van der Waals surface area contributed by atoms with Gasteiger partial charge in [-0.2, -0.15) is 0 Å². The van der Waals surface area contributed by atoms with Crippen LogP contribution in [0, 0.1) is 0 Å². The second kappa shape index (κ2) is 5.67. The summed E-state index contributed by atoms with van der Waals surface area (Å²) in [6.07, 6.45) is -0.545. The van der Waals surface area contributed by atoms with E-state index in [4.69, 9.17) is 4.74 Å². The third-order valence-electron chi connectivity index (χ3n) is 2.73. The third-order valence-corrected chi connectivity index (χ3v) is 2.73. The number of nitrogens with one attached hydrogen (secondary N) is 1. The Morgan fingerprint density at radius 2 is 2.24 bits per heavy atom. The van der Waals surface area contributed by atoms with E-state index >= 15 is 0 Å². The highest BCUT2D eigenvalue weighted by Gasteiger charge is 2.26. The highest BCUT2D eigenvalue weighted by Crippen LogP contribution is 2.14. The van der Waals surface area contributed by atoms with Gasteiger partial charge in [-0.05, 0) is 34.1 Å². The molecule has 0 radical (unpaired) electrons. The first-order valence-corrected chi connectivity index (χ1v) is 6.13. The van der Waals surface area contributed by atoms with Gasteiger partial charge in [-0.3, -0.25) is 4.90 Å². The Morgan fingerprint density at radius 1 is 1.59 bits per heavy atom. The second-order valence-electron chi connectivity index (χ2n) is 5.61. The number of amides is 1. The Morgan fingerprint density at radius 3 is 2.71 bits per heavy atom. The largest absolute Gasteiger partial charge is 0.444 e. The molecule has 1 fully saturated rings. The molecule has 1 aliphatic heterocycles. The molecule has 1 aliphatic rings. The quantitative estimate of drug-likeness (QED) is 0.827. The topological polar surface area (TPSA) is 41.6 Å². The molecule has 0 aromatic carbocycles. The SMILES string of the molecule is C[C@H](CNC(=O)OC(C)(C)C)N1CC[C@@H](F)C1. The van der Waals surface area contributed by atoms with E-state index in [1.165, 1.54) is 0 Å². The van der Waals surface area contributed by atoms with Crippen molar-refractivity contribution in [2.24, 2.45) is 0 Å². The summed E-state index contributed by atoms with van der Waals surface area (Å²) in [7, 11) is 0. The van der Waals surface area contributed by atoms with Gasteiger partial charge < -0.3 is 10.1 Å². The molecule has 0 saturated carbocycles. The summed E-state index contributed by atoms with van der Waals surface area (Å²) in [6, 6.07) is 0.142. The number of ether oxygens (including phenoxy) is 1. The van der Waals surface area contributed by atoms with E-state index in [9.17, 15) is 9.18 Å². The molecule has 1 saturated heterocycles. The number of rotatable bonds is 3. The minimum atomic E-state index is -0.723. The summed E-state index contributed by atoms with van der Waals surface area (Å²) < 4.78 is 18.1. The molecule has 1 heterocycles. The lowest BCUT2D eigenvalue weighted by Crippen LogP contribution is -2.42. The molecule has 0 bridgehead atoms. The fourth-order valence-corrected chi connectivity index (χ4v) is 1.82. The van der Waals surface area contributed by atoms with Crippen LogP contribution < -0.4 is 5.32 Å². The zero-order valence-corrected chi connectivity index (χ0v) is 11.1. The molecule has 5 heteroatoms. The molecular weight excluding hydrogens is 223 g/mol. The number of alkyl halides is 1. The number of likely N-dealkylation sites (tertiary alicyclic amines) is 1. The summed E-state index contributed by atoms with van der Waals surface area (Å²) in [5, 5.41) is 2.71. The maximum Gasteiger partial charge on any atom is 0.407 e. The lowest BCUT2D eigenvalue weighted by atomic mass is 10.2. The molecule has 1 N–H and O–H groups in total. The maximum absolute atomic E-state index is 13.0. The molecule has 2 atom stereocenters. The first-order valence-electron chi connectivity index (χ1n) is 6.13. The van der Waals surface area contributed by atoms with Gasteiger partial charge in [0.05, 0.1) is 0 Å². The van der Waals surface area contributed by atoms with E-state index in [1.807, 2.05) is 32.6 Å². The van der Waals surface area contributed by atoms with Crippen LogP contribution in [0.25, 0.3) is 0 Å². The minimum Gasteiger partial charge on any atom is -0.444 e. The molecule has 0 aromatic heterocycles. The van der Waals surface area contributed by atoms with Crippen molar-refractivity contribution in [2.45, 2.75) is 51.9 Å². The average molecular weight is 246 g/mol. The maximum atomic E-state index is 13.0. The van der Waals surface area contributed by atoms with Crippen molar-refractivity contribution in [2.75, 3.05) is 19.6 Å². The molecule has 17 heavy (non-hydrogen) atoms. The predicted molar refractivity (Wildman–Crippen MR) is 64.8 cm³/mol. The highest BCUT2D eigenvalue weighted by atomic mass is 19.1. The number of hydrogen-bond donors (Lipinski definition) is 1. The third kappa shape index (κ3) is 5.35. The van der Waals surface area contributed by atoms with Gasteiger partial charge in [-0.1, -0.05) is 0 Å². The Hall–Kier alpha value is -0.840. The van der Waals surface area contributed by atoms with Crippen molar-refractivity contribution in [3.63, 3.8) is 0 Å². The summed E-state index contributed by atoms with van der Waals surface area (Å²) >= 11 is 0. The van der Waals surface area contributed by atoms with Gasteiger partial charge in [-0.25, -0.2) is 9.18 Å². The zero-order valence-electron chi connectivity index (χ0n) is 11.1. The molecule has 100 valence electrons. The summed E-state index contributed by atoms with van der Waals surface area (Å²) in [5.41, 5.74) is -0.481. The van der Waals surface area contributed by atoms with Crippen molar-refractivity contribution in [1.29, 1.82) is 0 Å². The smallest absolute Gasteiger partial charge is 0.407 e. The minimum absolute atomic E-state index is 0.142. The number of carbonyl (C=O) groups excluding carboxylic acids is 1. The van der Waals surface area contributed by atoms with E-state index in [1.54, 1.807) is 0 Å². The van der Waals surface area contributed by atoms with Gasteiger partial charge in [-0.15, -0.1) is 0 Å². The summed E-state index contributed by atoms with van der Waals surface area (Å²) in [4.78, 5) is 13.5. The van der Waals surface area contributed by atoms with Crippen molar-refractivity contribution < 1.29 is 13.9 Å². The molecule has 0 spiro atoms. The Balaban J connectivity index is 2.24. The fraction of sp³-hybridized carbons (Fsp3) is 0.917.